The Morgan fingerprint density at radius 3 is 2.39 bits per heavy atom. The lowest BCUT2D eigenvalue weighted by molar-refractivity contribution is -0.192. The fourth-order valence-electron chi connectivity index (χ4n) is 2.96. The summed E-state index contributed by atoms with van der Waals surface area (Å²) in [6, 6.07) is 3.65. The minimum atomic E-state index is -5.28. The maximum Gasteiger partial charge on any atom is 0.511 e. The summed E-state index contributed by atoms with van der Waals surface area (Å²) in [5.74, 6) is -2.76. The molecule has 1 aromatic heterocycles. The standard InChI is InChI=1S/C14H17F3N2O4S.C2HF3O2/c15-14(16,17)24(20,21)19-9-13(10-19)6-12(3-5-23-13)22-8-11-2-1-4-18-7-11;3-2(4,5)1(6)7/h1-2,4,7,12H,3,5-6,8-10H2;(H,6,7). The molecule has 1 unspecified atom stereocenters. The molecule has 176 valence electrons. The molecule has 2 aliphatic rings. The minimum absolute atomic E-state index is 0.185. The molecule has 8 nitrogen and oxygen atoms in total. The number of carboxylic acids is 1. The van der Waals surface area contributed by atoms with Crippen LogP contribution in [0.3, 0.4) is 0 Å². The zero-order valence-corrected chi connectivity index (χ0v) is 16.5. The molecule has 1 N–H and O–H groups in total. The summed E-state index contributed by atoms with van der Waals surface area (Å²) in [5.41, 5.74) is -5.26. The molecule has 0 amide bonds. The van der Waals surface area contributed by atoms with Gasteiger partial charge < -0.3 is 14.6 Å². The first-order valence-corrected chi connectivity index (χ1v) is 10.1. The van der Waals surface area contributed by atoms with Gasteiger partial charge in [0.25, 0.3) is 0 Å². The van der Waals surface area contributed by atoms with E-state index in [0.29, 0.717) is 30.4 Å². The summed E-state index contributed by atoms with van der Waals surface area (Å²) in [5, 5.41) is 7.12. The molecule has 2 fully saturated rings. The van der Waals surface area contributed by atoms with Crippen LogP contribution in [0.15, 0.2) is 24.5 Å². The van der Waals surface area contributed by atoms with Gasteiger partial charge in [0.15, 0.2) is 0 Å². The predicted molar refractivity (Wildman–Crippen MR) is 91.0 cm³/mol. The Balaban J connectivity index is 0.000000423. The largest absolute Gasteiger partial charge is 0.511 e. The molecule has 0 aliphatic carbocycles. The molecule has 2 saturated heterocycles. The van der Waals surface area contributed by atoms with Crippen LogP contribution < -0.4 is 0 Å². The highest BCUT2D eigenvalue weighted by Crippen LogP contribution is 2.40. The van der Waals surface area contributed by atoms with Gasteiger partial charge in [-0.15, -0.1) is 0 Å². The van der Waals surface area contributed by atoms with Crippen LogP contribution in [0.25, 0.3) is 0 Å². The number of aromatic nitrogens is 1. The van der Waals surface area contributed by atoms with E-state index >= 15 is 0 Å². The topological polar surface area (TPSA) is 106 Å². The zero-order chi connectivity index (χ0) is 23.5. The molecule has 3 heterocycles. The summed E-state index contributed by atoms with van der Waals surface area (Å²) in [4.78, 5) is 12.9. The molecule has 0 aromatic carbocycles. The van der Waals surface area contributed by atoms with Gasteiger partial charge in [-0.25, -0.2) is 13.2 Å². The first-order chi connectivity index (χ1) is 14.2. The fourth-order valence-corrected chi connectivity index (χ4v) is 4.06. The molecule has 1 aromatic rings. The summed E-state index contributed by atoms with van der Waals surface area (Å²) in [6.45, 7) is 0.0972. The van der Waals surface area contributed by atoms with Gasteiger partial charge >= 0.3 is 27.7 Å². The lowest BCUT2D eigenvalue weighted by Gasteiger charge is -2.52. The van der Waals surface area contributed by atoms with Crippen LogP contribution in [-0.2, 0) is 30.9 Å². The van der Waals surface area contributed by atoms with Gasteiger partial charge in [0.05, 0.1) is 18.3 Å². The highest BCUT2D eigenvalue weighted by Gasteiger charge is 2.59. The van der Waals surface area contributed by atoms with E-state index in [0.717, 1.165) is 5.56 Å². The van der Waals surface area contributed by atoms with Crippen molar-refractivity contribution in [2.75, 3.05) is 19.7 Å². The highest BCUT2D eigenvalue weighted by atomic mass is 32.2. The Morgan fingerprint density at radius 1 is 1.29 bits per heavy atom. The molecule has 1 spiro atoms. The average Bonchev–Trinajstić information content (AvgIpc) is 2.64. The lowest BCUT2D eigenvalue weighted by atomic mass is 9.86. The first kappa shape index (κ1) is 25.3. The molecule has 0 radical (unpaired) electrons. The zero-order valence-electron chi connectivity index (χ0n) is 15.7. The van der Waals surface area contributed by atoms with E-state index in [2.05, 4.69) is 4.98 Å². The second-order valence-electron chi connectivity index (χ2n) is 6.84. The Morgan fingerprint density at radius 2 is 1.90 bits per heavy atom. The van der Waals surface area contributed by atoms with Gasteiger partial charge in [0.2, 0.25) is 0 Å². The normalized spacial score (nSPS) is 21.7. The number of aliphatic carboxylic acids is 1. The van der Waals surface area contributed by atoms with E-state index in [-0.39, 0.29) is 19.2 Å². The molecule has 31 heavy (non-hydrogen) atoms. The lowest BCUT2D eigenvalue weighted by Crippen LogP contribution is -2.68. The molecule has 15 heteroatoms. The third-order valence-corrected chi connectivity index (χ3v) is 5.98. The number of hydrogen-bond acceptors (Lipinski definition) is 6. The minimum Gasteiger partial charge on any atom is -0.475 e. The number of sulfonamides is 1. The molecule has 0 saturated carbocycles. The SMILES string of the molecule is O=C(O)C(F)(F)F.O=S(=O)(N1CC2(CC(OCc3cccnc3)CCO2)C1)C(F)(F)F. The third kappa shape index (κ3) is 6.51. The van der Waals surface area contributed by atoms with Crippen LogP contribution in [0, 0.1) is 0 Å². The molecular weight excluding hydrogens is 462 g/mol. The number of carbonyl (C=O) groups is 1. The smallest absolute Gasteiger partial charge is 0.475 e. The Bertz CT molecular complexity index is 856. The van der Waals surface area contributed by atoms with Crippen molar-refractivity contribution < 1.29 is 54.1 Å². The first-order valence-electron chi connectivity index (χ1n) is 8.67. The van der Waals surface area contributed by atoms with Crippen molar-refractivity contribution in [2.45, 2.75) is 42.8 Å². The van der Waals surface area contributed by atoms with Crippen molar-refractivity contribution in [1.82, 2.24) is 9.29 Å². The van der Waals surface area contributed by atoms with E-state index in [9.17, 15) is 34.8 Å². The summed E-state index contributed by atoms with van der Waals surface area (Å²) < 4.78 is 104. The van der Waals surface area contributed by atoms with Crippen LogP contribution in [0.2, 0.25) is 0 Å². The van der Waals surface area contributed by atoms with Gasteiger partial charge in [-0.05, 0) is 18.1 Å². The fraction of sp³-hybridized carbons (Fsp3) is 0.625. The van der Waals surface area contributed by atoms with Crippen LogP contribution >= 0.6 is 0 Å². The predicted octanol–water partition coefficient (Wildman–Crippen LogP) is 2.31. The van der Waals surface area contributed by atoms with E-state index < -0.39 is 33.3 Å². The number of hydrogen-bond donors (Lipinski definition) is 1. The number of nitrogens with zero attached hydrogens (tertiary/aromatic N) is 2. The number of carboxylic acid groups (broad SMARTS) is 1. The highest BCUT2D eigenvalue weighted by molar-refractivity contribution is 7.90. The quantitative estimate of drug-likeness (QED) is 0.660. The number of alkyl halides is 6. The van der Waals surface area contributed by atoms with E-state index in [1.165, 1.54) is 0 Å². The maximum absolute atomic E-state index is 12.5. The van der Waals surface area contributed by atoms with Gasteiger partial charge in [0, 0.05) is 38.5 Å². The monoisotopic (exact) mass is 480 g/mol. The van der Waals surface area contributed by atoms with Gasteiger partial charge in [-0.1, -0.05) is 6.07 Å². The van der Waals surface area contributed by atoms with Crippen molar-refractivity contribution in [1.29, 1.82) is 0 Å². The van der Waals surface area contributed by atoms with E-state index in [1.54, 1.807) is 18.5 Å². The molecule has 2 aliphatic heterocycles. The molecule has 0 bridgehead atoms. The van der Waals surface area contributed by atoms with Gasteiger partial charge in [0.1, 0.15) is 0 Å². The molecule has 1 atom stereocenters. The van der Waals surface area contributed by atoms with E-state index in [1.807, 2.05) is 6.07 Å². The number of pyridine rings is 1. The number of halogens is 6. The van der Waals surface area contributed by atoms with Crippen molar-refractivity contribution in [2.24, 2.45) is 0 Å². The molecular formula is C16H18F6N2O6S. The van der Waals surface area contributed by atoms with Crippen molar-refractivity contribution in [3.8, 4) is 0 Å². The van der Waals surface area contributed by atoms with Crippen LogP contribution in [0.1, 0.15) is 18.4 Å². The van der Waals surface area contributed by atoms with Crippen molar-refractivity contribution in [3.63, 3.8) is 0 Å². The number of rotatable bonds is 4. The van der Waals surface area contributed by atoms with Gasteiger partial charge in [-0.2, -0.15) is 30.6 Å². The summed E-state index contributed by atoms with van der Waals surface area (Å²) >= 11 is 0. The summed E-state index contributed by atoms with van der Waals surface area (Å²) in [7, 11) is -5.28. The number of ether oxygens (including phenoxy) is 2. The van der Waals surface area contributed by atoms with Crippen LogP contribution in [0.4, 0.5) is 26.3 Å². The molecule has 3 rings (SSSR count). The third-order valence-electron chi connectivity index (χ3n) is 4.46. The second kappa shape index (κ2) is 9.26. The van der Waals surface area contributed by atoms with Gasteiger partial charge in [-0.3, -0.25) is 4.98 Å². The Kier molecular flexibility index (Phi) is 7.55. The average molecular weight is 480 g/mol. The summed E-state index contributed by atoms with van der Waals surface area (Å²) in [6.07, 6.45) is -0.951. The van der Waals surface area contributed by atoms with Crippen LogP contribution in [0.5, 0.6) is 0 Å². The van der Waals surface area contributed by atoms with Crippen LogP contribution in [-0.4, -0.2) is 71.9 Å². The van der Waals surface area contributed by atoms with Crippen molar-refractivity contribution in [3.05, 3.63) is 30.1 Å². The maximum atomic E-state index is 12.5. The second-order valence-corrected chi connectivity index (χ2v) is 8.77. The van der Waals surface area contributed by atoms with Crippen molar-refractivity contribution >= 4 is 16.0 Å². The Hall–Kier alpha value is -1.97. The Labute approximate surface area is 172 Å². The van der Waals surface area contributed by atoms with E-state index in [4.69, 9.17) is 19.4 Å².